The highest BCUT2D eigenvalue weighted by Crippen LogP contribution is 2.31. The lowest BCUT2D eigenvalue weighted by molar-refractivity contribution is 0.0821. The Balaban J connectivity index is 2.01. The number of aromatic nitrogens is 2. The van der Waals surface area contributed by atoms with E-state index in [2.05, 4.69) is 22.4 Å². The van der Waals surface area contributed by atoms with Gasteiger partial charge in [-0.1, -0.05) is 6.92 Å². The number of hydrogen-bond acceptors (Lipinski definition) is 4. The molecule has 1 aromatic heterocycles. The zero-order valence-corrected chi connectivity index (χ0v) is 9.77. The van der Waals surface area contributed by atoms with Crippen molar-refractivity contribution in [2.75, 3.05) is 19.4 Å². The van der Waals surface area contributed by atoms with Gasteiger partial charge in [-0.05, 0) is 24.5 Å². The van der Waals surface area contributed by atoms with Gasteiger partial charge in [-0.2, -0.15) is 0 Å². The summed E-state index contributed by atoms with van der Waals surface area (Å²) in [7, 11) is 3.39. The highest BCUT2D eigenvalue weighted by atomic mass is 16.2. The molecule has 0 aromatic carbocycles. The molecule has 0 spiro atoms. The SMILES string of the molecule is CC1CC1Nc1ccc(C(=O)N(C)C)nn1. The summed E-state index contributed by atoms with van der Waals surface area (Å²) >= 11 is 0. The van der Waals surface area contributed by atoms with Crippen LogP contribution < -0.4 is 5.32 Å². The Labute approximate surface area is 94.9 Å². The van der Waals surface area contributed by atoms with Crippen LogP contribution in [0.3, 0.4) is 0 Å². The molecule has 1 aliphatic carbocycles. The van der Waals surface area contributed by atoms with Crippen LogP contribution in [0.2, 0.25) is 0 Å². The largest absolute Gasteiger partial charge is 0.366 e. The van der Waals surface area contributed by atoms with Crippen LogP contribution in [0.5, 0.6) is 0 Å². The molecule has 0 bridgehead atoms. The fourth-order valence-electron chi connectivity index (χ4n) is 1.47. The summed E-state index contributed by atoms with van der Waals surface area (Å²) in [5.74, 6) is 1.33. The van der Waals surface area contributed by atoms with E-state index in [1.54, 1.807) is 26.2 Å². The second-order valence-corrected chi connectivity index (χ2v) is 4.47. The van der Waals surface area contributed by atoms with E-state index in [-0.39, 0.29) is 5.91 Å². The van der Waals surface area contributed by atoms with Crippen molar-refractivity contribution < 1.29 is 4.79 Å². The molecule has 16 heavy (non-hydrogen) atoms. The Kier molecular flexibility index (Phi) is 2.77. The van der Waals surface area contributed by atoms with Gasteiger partial charge in [0.1, 0.15) is 5.82 Å². The van der Waals surface area contributed by atoms with Gasteiger partial charge in [0, 0.05) is 20.1 Å². The normalized spacial score (nSPS) is 22.7. The molecule has 5 heteroatoms. The van der Waals surface area contributed by atoms with E-state index in [1.165, 1.54) is 11.3 Å². The van der Waals surface area contributed by atoms with E-state index in [4.69, 9.17) is 0 Å². The number of carbonyl (C=O) groups is 1. The fourth-order valence-corrected chi connectivity index (χ4v) is 1.47. The number of nitrogens with zero attached hydrogens (tertiary/aromatic N) is 3. The first-order valence-electron chi connectivity index (χ1n) is 5.40. The summed E-state index contributed by atoms with van der Waals surface area (Å²) < 4.78 is 0. The van der Waals surface area contributed by atoms with Gasteiger partial charge in [0.25, 0.3) is 5.91 Å². The Morgan fingerprint density at radius 2 is 2.12 bits per heavy atom. The molecule has 1 amide bonds. The lowest BCUT2D eigenvalue weighted by Crippen LogP contribution is -2.23. The molecule has 1 aliphatic rings. The molecule has 0 aliphatic heterocycles. The summed E-state index contributed by atoms with van der Waals surface area (Å²) in [4.78, 5) is 13.0. The standard InChI is InChI=1S/C11H16N4O/c1-7-6-9(7)12-10-5-4-8(13-14-10)11(16)15(2)3/h4-5,7,9H,6H2,1-3H3,(H,12,14). The molecule has 2 rings (SSSR count). The van der Waals surface area contributed by atoms with E-state index in [0.717, 1.165) is 5.82 Å². The van der Waals surface area contributed by atoms with Crippen molar-refractivity contribution >= 4 is 11.7 Å². The fraction of sp³-hybridized carbons (Fsp3) is 0.545. The third kappa shape index (κ3) is 2.29. The molecule has 0 saturated heterocycles. The van der Waals surface area contributed by atoms with Crippen molar-refractivity contribution in [3.63, 3.8) is 0 Å². The number of amides is 1. The minimum absolute atomic E-state index is 0.126. The van der Waals surface area contributed by atoms with Crippen LogP contribution in [-0.4, -0.2) is 41.1 Å². The molecule has 86 valence electrons. The predicted octanol–water partition coefficient (Wildman–Crippen LogP) is 0.999. The van der Waals surface area contributed by atoms with Crippen LogP contribution in [0.15, 0.2) is 12.1 Å². The van der Waals surface area contributed by atoms with Gasteiger partial charge in [0.2, 0.25) is 0 Å². The number of hydrogen-bond donors (Lipinski definition) is 1. The summed E-state index contributed by atoms with van der Waals surface area (Å²) in [6.45, 7) is 2.19. The lowest BCUT2D eigenvalue weighted by atomic mass is 10.3. The third-order valence-corrected chi connectivity index (χ3v) is 2.73. The van der Waals surface area contributed by atoms with Crippen LogP contribution in [0.25, 0.3) is 0 Å². The molecule has 5 nitrogen and oxygen atoms in total. The van der Waals surface area contributed by atoms with Crippen molar-refractivity contribution in [1.29, 1.82) is 0 Å². The third-order valence-electron chi connectivity index (χ3n) is 2.73. The molecule has 1 aromatic rings. The van der Waals surface area contributed by atoms with Gasteiger partial charge in [-0.15, -0.1) is 10.2 Å². The number of carbonyl (C=O) groups excluding carboxylic acids is 1. The van der Waals surface area contributed by atoms with E-state index in [1.807, 2.05) is 0 Å². The smallest absolute Gasteiger partial charge is 0.273 e. The van der Waals surface area contributed by atoms with Crippen LogP contribution in [-0.2, 0) is 0 Å². The molecular weight excluding hydrogens is 204 g/mol. The summed E-state index contributed by atoms with van der Waals surface area (Å²) in [5, 5.41) is 11.2. The highest BCUT2D eigenvalue weighted by molar-refractivity contribution is 5.91. The average molecular weight is 220 g/mol. The number of anilines is 1. The van der Waals surface area contributed by atoms with Gasteiger partial charge >= 0.3 is 0 Å². The predicted molar refractivity (Wildman–Crippen MR) is 61.2 cm³/mol. The maximum atomic E-state index is 11.5. The van der Waals surface area contributed by atoms with Crippen molar-refractivity contribution in [3.05, 3.63) is 17.8 Å². The van der Waals surface area contributed by atoms with Crippen LogP contribution >= 0.6 is 0 Å². The molecule has 1 fully saturated rings. The molecule has 2 unspecified atom stereocenters. The maximum absolute atomic E-state index is 11.5. The summed E-state index contributed by atoms with van der Waals surface area (Å²) in [6.07, 6.45) is 1.18. The van der Waals surface area contributed by atoms with Crippen molar-refractivity contribution in [1.82, 2.24) is 15.1 Å². The van der Waals surface area contributed by atoms with Gasteiger partial charge < -0.3 is 10.2 Å². The molecule has 0 radical (unpaired) electrons. The van der Waals surface area contributed by atoms with Crippen LogP contribution in [0, 0.1) is 5.92 Å². The summed E-state index contributed by atoms with van der Waals surface area (Å²) in [6, 6.07) is 4.02. The first-order chi connectivity index (χ1) is 7.58. The van der Waals surface area contributed by atoms with Crippen LogP contribution in [0.1, 0.15) is 23.8 Å². The van der Waals surface area contributed by atoms with Crippen LogP contribution in [0.4, 0.5) is 5.82 Å². The highest BCUT2D eigenvalue weighted by Gasteiger charge is 2.32. The first-order valence-corrected chi connectivity index (χ1v) is 5.40. The summed E-state index contributed by atoms with van der Waals surface area (Å²) in [5.41, 5.74) is 0.374. The number of rotatable bonds is 3. The van der Waals surface area contributed by atoms with Crippen molar-refractivity contribution in [3.8, 4) is 0 Å². The van der Waals surface area contributed by atoms with Gasteiger partial charge in [0.05, 0.1) is 0 Å². The van der Waals surface area contributed by atoms with Crippen molar-refractivity contribution in [2.24, 2.45) is 5.92 Å². The van der Waals surface area contributed by atoms with Gasteiger partial charge in [0.15, 0.2) is 5.69 Å². The second kappa shape index (κ2) is 4.08. The molecule has 1 saturated carbocycles. The van der Waals surface area contributed by atoms with Crippen molar-refractivity contribution in [2.45, 2.75) is 19.4 Å². The monoisotopic (exact) mass is 220 g/mol. The number of nitrogens with one attached hydrogen (secondary N) is 1. The van der Waals surface area contributed by atoms with E-state index in [9.17, 15) is 4.79 Å². The Hall–Kier alpha value is -1.65. The van der Waals surface area contributed by atoms with E-state index >= 15 is 0 Å². The quantitative estimate of drug-likeness (QED) is 0.825. The Morgan fingerprint density at radius 3 is 2.56 bits per heavy atom. The minimum atomic E-state index is -0.126. The van der Waals surface area contributed by atoms with Gasteiger partial charge in [-0.3, -0.25) is 4.79 Å². The molecule has 1 N–H and O–H groups in total. The lowest BCUT2D eigenvalue weighted by Gasteiger charge is -2.09. The first kappa shape index (κ1) is 10.9. The van der Waals surface area contributed by atoms with Gasteiger partial charge in [-0.25, -0.2) is 0 Å². The zero-order chi connectivity index (χ0) is 11.7. The Bertz CT molecular complexity index is 387. The maximum Gasteiger partial charge on any atom is 0.273 e. The van der Waals surface area contributed by atoms with E-state index in [0.29, 0.717) is 17.7 Å². The molecule has 1 heterocycles. The average Bonchev–Trinajstić information content (AvgIpc) is 2.94. The zero-order valence-electron chi connectivity index (χ0n) is 9.77. The minimum Gasteiger partial charge on any atom is -0.366 e. The molecule has 2 atom stereocenters. The molecular formula is C11H16N4O. The Morgan fingerprint density at radius 1 is 1.44 bits per heavy atom. The topological polar surface area (TPSA) is 58.1 Å². The van der Waals surface area contributed by atoms with E-state index < -0.39 is 0 Å². The second-order valence-electron chi connectivity index (χ2n) is 4.47.